The van der Waals surface area contributed by atoms with Gasteiger partial charge in [-0.3, -0.25) is 14.9 Å². The summed E-state index contributed by atoms with van der Waals surface area (Å²) in [5.74, 6) is -0.799. The Balaban J connectivity index is 1.92. The molecule has 0 aromatic heterocycles. The molecule has 1 N–H and O–H groups in total. The minimum absolute atomic E-state index is 0.102. The van der Waals surface area contributed by atoms with E-state index in [2.05, 4.69) is 10.2 Å². The Kier molecular flexibility index (Phi) is 5.27. The minimum atomic E-state index is -0.505. The molecule has 0 atom stereocenters. The van der Waals surface area contributed by atoms with E-state index in [-0.39, 0.29) is 28.6 Å². The van der Waals surface area contributed by atoms with Crippen LogP contribution in [0.4, 0.5) is 21.5 Å². The molecule has 7 heteroatoms. The highest BCUT2D eigenvalue weighted by Gasteiger charge is 2.27. The molecule has 3 rings (SSSR count). The van der Waals surface area contributed by atoms with Gasteiger partial charge in [0.1, 0.15) is 11.5 Å². The Hall–Kier alpha value is -2.80. The van der Waals surface area contributed by atoms with E-state index in [0.717, 1.165) is 25.9 Å². The number of rotatable bonds is 5. The Morgan fingerprint density at radius 2 is 1.88 bits per heavy atom. The molecule has 0 spiro atoms. The number of halogens is 1. The first-order valence-electron chi connectivity index (χ1n) is 8.48. The highest BCUT2D eigenvalue weighted by molar-refractivity contribution is 6.03. The fourth-order valence-electron chi connectivity index (χ4n) is 3.20. The van der Waals surface area contributed by atoms with E-state index in [1.165, 1.54) is 24.3 Å². The summed E-state index contributed by atoms with van der Waals surface area (Å²) in [4.78, 5) is 25.8. The number of likely N-dealkylation sites (tertiary alicyclic amines) is 1. The summed E-state index contributed by atoms with van der Waals surface area (Å²) in [6, 6.07) is 10.1. The van der Waals surface area contributed by atoms with Gasteiger partial charge in [-0.15, -0.1) is 0 Å². The third-order valence-corrected chi connectivity index (χ3v) is 4.71. The van der Waals surface area contributed by atoms with Crippen LogP contribution in [0.25, 0.3) is 0 Å². The van der Waals surface area contributed by atoms with Crippen LogP contribution in [-0.4, -0.2) is 35.7 Å². The van der Waals surface area contributed by atoms with E-state index in [1.54, 1.807) is 18.2 Å². The summed E-state index contributed by atoms with van der Waals surface area (Å²) in [6.45, 7) is 1.64. The zero-order valence-corrected chi connectivity index (χ0v) is 14.4. The summed E-state index contributed by atoms with van der Waals surface area (Å²) >= 11 is 0. The Morgan fingerprint density at radius 1 is 1.19 bits per heavy atom. The average Bonchev–Trinajstić information content (AvgIpc) is 2.63. The number of carbonyl (C=O) groups excluding carboxylic acids is 1. The van der Waals surface area contributed by atoms with Gasteiger partial charge in [0, 0.05) is 23.2 Å². The van der Waals surface area contributed by atoms with Crippen LogP contribution in [0.3, 0.4) is 0 Å². The topological polar surface area (TPSA) is 75.5 Å². The van der Waals surface area contributed by atoms with E-state index in [0.29, 0.717) is 5.69 Å². The molecule has 0 unspecified atom stereocenters. The van der Waals surface area contributed by atoms with Crippen LogP contribution < -0.4 is 5.32 Å². The zero-order valence-electron chi connectivity index (χ0n) is 14.4. The van der Waals surface area contributed by atoms with Gasteiger partial charge in [-0.05, 0) is 57.2 Å². The van der Waals surface area contributed by atoms with Crippen molar-refractivity contribution in [2.75, 3.05) is 25.5 Å². The number of ketones is 1. The molecule has 0 saturated carbocycles. The van der Waals surface area contributed by atoms with Crippen LogP contribution in [0.15, 0.2) is 42.5 Å². The van der Waals surface area contributed by atoms with Gasteiger partial charge in [0.2, 0.25) is 0 Å². The first-order chi connectivity index (χ1) is 12.5. The SMILES string of the molecule is CN1CCC(C(=O)c2cc(F)ccc2Nc2ccccc2[N+](=O)[O-])CC1. The van der Waals surface area contributed by atoms with Gasteiger partial charge >= 0.3 is 0 Å². The van der Waals surface area contributed by atoms with E-state index in [9.17, 15) is 19.3 Å². The lowest BCUT2D eigenvalue weighted by Gasteiger charge is -2.28. The van der Waals surface area contributed by atoms with Crippen molar-refractivity contribution in [3.8, 4) is 0 Å². The Bertz CT molecular complexity index is 833. The number of nitro benzene ring substituents is 1. The molecule has 0 aliphatic carbocycles. The molecule has 0 radical (unpaired) electrons. The number of nitro groups is 1. The average molecular weight is 357 g/mol. The number of carbonyl (C=O) groups is 1. The molecule has 0 amide bonds. The number of benzene rings is 2. The van der Waals surface area contributed by atoms with Gasteiger partial charge in [-0.2, -0.15) is 0 Å². The highest BCUT2D eigenvalue weighted by atomic mass is 19.1. The first kappa shape index (κ1) is 18.0. The van der Waals surface area contributed by atoms with Crippen molar-refractivity contribution in [1.29, 1.82) is 0 Å². The number of hydrogen-bond acceptors (Lipinski definition) is 5. The van der Waals surface area contributed by atoms with E-state index >= 15 is 0 Å². The van der Waals surface area contributed by atoms with Gasteiger partial charge in [0.25, 0.3) is 5.69 Å². The molecule has 2 aromatic carbocycles. The van der Waals surface area contributed by atoms with Crippen molar-refractivity contribution in [3.63, 3.8) is 0 Å². The van der Waals surface area contributed by atoms with Crippen molar-refractivity contribution in [2.45, 2.75) is 12.8 Å². The zero-order chi connectivity index (χ0) is 18.7. The molecule has 1 fully saturated rings. The second kappa shape index (κ2) is 7.61. The van der Waals surface area contributed by atoms with Crippen molar-refractivity contribution in [1.82, 2.24) is 4.90 Å². The van der Waals surface area contributed by atoms with Gasteiger partial charge in [0.05, 0.1) is 4.92 Å². The molecule has 0 bridgehead atoms. The van der Waals surface area contributed by atoms with Crippen molar-refractivity contribution >= 4 is 22.8 Å². The Labute approximate surface area is 150 Å². The van der Waals surface area contributed by atoms with Gasteiger partial charge < -0.3 is 10.2 Å². The van der Waals surface area contributed by atoms with Crippen molar-refractivity contribution < 1.29 is 14.1 Å². The fraction of sp³-hybridized carbons (Fsp3) is 0.316. The summed E-state index contributed by atoms with van der Waals surface area (Å²) in [7, 11) is 2.00. The van der Waals surface area contributed by atoms with Crippen LogP contribution in [-0.2, 0) is 0 Å². The largest absolute Gasteiger partial charge is 0.349 e. The van der Waals surface area contributed by atoms with E-state index in [1.807, 2.05) is 7.05 Å². The minimum Gasteiger partial charge on any atom is -0.349 e. The first-order valence-corrected chi connectivity index (χ1v) is 8.48. The second-order valence-electron chi connectivity index (χ2n) is 6.53. The molecule has 26 heavy (non-hydrogen) atoms. The number of Topliss-reactive ketones (excluding diaryl/α,β-unsaturated/α-hetero) is 1. The molecule has 136 valence electrons. The molecular weight excluding hydrogens is 337 g/mol. The third-order valence-electron chi connectivity index (χ3n) is 4.71. The van der Waals surface area contributed by atoms with Gasteiger partial charge in [0.15, 0.2) is 5.78 Å². The predicted octanol–water partition coefficient (Wildman–Crippen LogP) is 4.00. The number of anilines is 2. The maximum atomic E-state index is 13.8. The lowest BCUT2D eigenvalue weighted by molar-refractivity contribution is -0.383. The van der Waals surface area contributed by atoms with Crippen molar-refractivity contribution in [3.05, 3.63) is 64.0 Å². The molecular formula is C19H20FN3O3. The van der Waals surface area contributed by atoms with Gasteiger partial charge in [-0.25, -0.2) is 4.39 Å². The molecule has 6 nitrogen and oxygen atoms in total. The predicted molar refractivity (Wildman–Crippen MR) is 97.3 cm³/mol. The standard InChI is InChI=1S/C19H20FN3O3/c1-22-10-8-13(9-11-22)19(24)15-12-14(20)6-7-16(15)21-17-4-2-3-5-18(17)23(25)26/h2-7,12-13,21H,8-11H2,1H3. The molecule has 1 aliphatic heterocycles. The number of hydrogen-bond donors (Lipinski definition) is 1. The summed E-state index contributed by atoms with van der Waals surface area (Å²) in [6.07, 6.45) is 1.44. The number of para-hydroxylation sites is 2. The second-order valence-corrected chi connectivity index (χ2v) is 6.53. The highest BCUT2D eigenvalue weighted by Crippen LogP contribution is 2.31. The lowest BCUT2D eigenvalue weighted by Crippen LogP contribution is -2.33. The van der Waals surface area contributed by atoms with Crippen LogP contribution in [0.5, 0.6) is 0 Å². The van der Waals surface area contributed by atoms with Crippen LogP contribution in [0.1, 0.15) is 23.2 Å². The fourth-order valence-corrected chi connectivity index (χ4v) is 3.20. The van der Waals surface area contributed by atoms with Crippen LogP contribution >= 0.6 is 0 Å². The smallest absolute Gasteiger partial charge is 0.292 e. The van der Waals surface area contributed by atoms with Crippen LogP contribution in [0, 0.1) is 21.8 Å². The van der Waals surface area contributed by atoms with E-state index in [4.69, 9.17) is 0 Å². The number of piperidine rings is 1. The van der Waals surface area contributed by atoms with Crippen molar-refractivity contribution in [2.24, 2.45) is 5.92 Å². The Morgan fingerprint density at radius 3 is 2.58 bits per heavy atom. The normalized spacial score (nSPS) is 15.6. The van der Waals surface area contributed by atoms with Crippen LogP contribution in [0.2, 0.25) is 0 Å². The van der Waals surface area contributed by atoms with Gasteiger partial charge in [-0.1, -0.05) is 12.1 Å². The maximum absolute atomic E-state index is 13.8. The number of nitrogens with one attached hydrogen (secondary N) is 1. The lowest BCUT2D eigenvalue weighted by atomic mass is 9.88. The summed E-state index contributed by atoms with van der Waals surface area (Å²) < 4.78 is 13.8. The van der Waals surface area contributed by atoms with E-state index < -0.39 is 10.7 Å². The quantitative estimate of drug-likeness (QED) is 0.497. The molecule has 1 saturated heterocycles. The maximum Gasteiger partial charge on any atom is 0.292 e. The third kappa shape index (κ3) is 3.88. The monoisotopic (exact) mass is 357 g/mol. The molecule has 2 aromatic rings. The molecule has 1 aliphatic rings. The summed E-state index contributed by atoms with van der Waals surface area (Å²) in [5, 5.41) is 14.1. The summed E-state index contributed by atoms with van der Waals surface area (Å²) in [5.41, 5.74) is 0.776. The number of nitrogens with zero attached hydrogens (tertiary/aromatic N) is 2. The molecule has 1 heterocycles.